The number of carbonyl (C=O) groups is 1. The predicted octanol–water partition coefficient (Wildman–Crippen LogP) is 1.82. The molecule has 0 aromatic heterocycles. The number of Topliss-reactive ketones (excluding diaryl/α,β-unsaturated/α-hetero) is 1. The van der Waals surface area contributed by atoms with E-state index < -0.39 is 5.79 Å². The molecule has 1 spiro atoms. The van der Waals surface area contributed by atoms with Gasteiger partial charge in [-0.2, -0.15) is 0 Å². The molecular weight excluding hydrogens is 192 g/mol. The van der Waals surface area contributed by atoms with Crippen LogP contribution in [0.15, 0.2) is 11.6 Å². The van der Waals surface area contributed by atoms with Crippen LogP contribution in [0.4, 0.5) is 0 Å². The first-order chi connectivity index (χ1) is 7.15. The van der Waals surface area contributed by atoms with Crippen molar-refractivity contribution < 1.29 is 14.3 Å². The lowest BCUT2D eigenvalue weighted by atomic mass is 9.70. The molecule has 1 saturated carbocycles. The van der Waals surface area contributed by atoms with Crippen LogP contribution in [0.25, 0.3) is 0 Å². The van der Waals surface area contributed by atoms with Crippen molar-refractivity contribution in [2.45, 2.75) is 38.4 Å². The zero-order valence-corrected chi connectivity index (χ0v) is 9.04. The van der Waals surface area contributed by atoms with Crippen LogP contribution in [-0.4, -0.2) is 24.8 Å². The first-order valence-electron chi connectivity index (χ1n) is 5.65. The molecule has 3 rings (SSSR count). The molecule has 0 bridgehead atoms. The number of hydrogen-bond acceptors (Lipinski definition) is 3. The number of fused-ring (bicyclic) bond motifs is 1. The Morgan fingerprint density at radius 2 is 2.00 bits per heavy atom. The number of rotatable bonds is 0. The van der Waals surface area contributed by atoms with Crippen LogP contribution in [0, 0.1) is 5.41 Å². The van der Waals surface area contributed by atoms with E-state index in [1.54, 1.807) is 0 Å². The molecule has 2 fully saturated rings. The van der Waals surface area contributed by atoms with Crippen LogP contribution in [0.3, 0.4) is 0 Å². The van der Waals surface area contributed by atoms with Crippen molar-refractivity contribution in [1.82, 2.24) is 0 Å². The number of carbonyl (C=O) groups excluding carboxylic acids is 1. The summed E-state index contributed by atoms with van der Waals surface area (Å²) in [4.78, 5) is 11.8. The van der Waals surface area contributed by atoms with Crippen LogP contribution in [-0.2, 0) is 14.3 Å². The summed E-state index contributed by atoms with van der Waals surface area (Å²) in [5, 5.41) is 0. The Kier molecular flexibility index (Phi) is 1.86. The summed E-state index contributed by atoms with van der Waals surface area (Å²) in [6.45, 7) is 3.45. The second-order valence-electron chi connectivity index (χ2n) is 4.97. The van der Waals surface area contributed by atoms with E-state index in [0.29, 0.717) is 25.4 Å². The second kappa shape index (κ2) is 2.92. The van der Waals surface area contributed by atoms with Gasteiger partial charge >= 0.3 is 0 Å². The Balaban J connectivity index is 1.88. The quantitative estimate of drug-likeness (QED) is 0.570. The van der Waals surface area contributed by atoms with Gasteiger partial charge in [0.15, 0.2) is 5.79 Å². The number of ether oxygens (including phenoxy) is 2. The molecule has 0 radical (unpaired) electrons. The van der Waals surface area contributed by atoms with E-state index in [2.05, 4.69) is 13.0 Å². The lowest BCUT2D eigenvalue weighted by molar-refractivity contribution is -0.176. The fourth-order valence-corrected chi connectivity index (χ4v) is 2.98. The van der Waals surface area contributed by atoms with Crippen LogP contribution in [0.2, 0.25) is 0 Å². The topological polar surface area (TPSA) is 35.5 Å². The zero-order valence-electron chi connectivity index (χ0n) is 9.04. The number of allylic oxidation sites excluding steroid dienone is 1. The molecule has 1 atom stereocenters. The van der Waals surface area contributed by atoms with Crippen molar-refractivity contribution in [3.05, 3.63) is 11.6 Å². The lowest BCUT2D eigenvalue weighted by Crippen LogP contribution is -2.41. The van der Waals surface area contributed by atoms with Gasteiger partial charge in [-0.25, -0.2) is 0 Å². The molecular formula is C12H16O3. The molecule has 15 heavy (non-hydrogen) atoms. The molecule has 1 heterocycles. The van der Waals surface area contributed by atoms with Crippen molar-refractivity contribution in [1.29, 1.82) is 0 Å². The van der Waals surface area contributed by atoms with Crippen molar-refractivity contribution >= 4 is 5.78 Å². The highest BCUT2D eigenvalue weighted by Gasteiger charge is 2.51. The van der Waals surface area contributed by atoms with Crippen molar-refractivity contribution in [2.24, 2.45) is 5.41 Å². The maximum Gasteiger partial charge on any atom is 0.172 e. The average molecular weight is 208 g/mol. The minimum atomic E-state index is -0.393. The molecule has 1 aliphatic heterocycles. The van der Waals surface area contributed by atoms with Gasteiger partial charge in [-0.3, -0.25) is 4.79 Å². The molecule has 82 valence electrons. The van der Waals surface area contributed by atoms with Gasteiger partial charge in [-0.1, -0.05) is 11.6 Å². The molecule has 0 N–H and O–H groups in total. The Morgan fingerprint density at radius 1 is 1.27 bits per heavy atom. The zero-order chi connectivity index (χ0) is 10.5. The summed E-state index contributed by atoms with van der Waals surface area (Å²) < 4.78 is 11.4. The summed E-state index contributed by atoms with van der Waals surface area (Å²) in [5.74, 6) is -0.0268. The molecule has 3 aliphatic rings. The highest BCUT2D eigenvalue weighted by Crippen LogP contribution is 2.51. The first kappa shape index (κ1) is 9.55. The minimum absolute atomic E-state index is 0.208. The highest BCUT2D eigenvalue weighted by atomic mass is 16.7. The average Bonchev–Trinajstić information content (AvgIpc) is 2.78. The Bertz CT molecular complexity index is 339. The van der Waals surface area contributed by atoms with Crippen LogP contribution >= 0.6 is 0 Å². The normalized spacial score (nSPS) is 38.2. The Morgan fingerprint density at radius 3 is 2.73 bits per heavy atom. The molecule has 3 nitrogen and oxygen atoms in total. The summed E-state index contributed by atoms with van der Waals surface area (Å²) in [5.41, 5.74) is 1.03. The van der Waals surface area contributed by atoms with E-state index in [1.807, 2.05) is 0 Å². The fraction of sp³-hybridized carbons (Fsp3) is 0.750. The second-order valence-corrected chi connectivity index (χ2v) is 4.97. The standard InChI is InChI=1S/C12H16O3/c1-11-4-5-12(14-6-7-15-12)8-9(11)2-3-10(11)13/h2H,3-8H2,1H3. The maximum atomic E-state index is 11.8. The molecule has 3 heteroatoms. The molecule has 0 aromatic rings. The van der Waals surface area contributed by atoms with E-state index in [4.69, 9.17) is 9.47 Å². The predicted molar refractivity (Wildman–Crippen MR) is 54.3 cm³/mol. The van der Waals surface area contributed by atoms with Gasteiger partial charge in [-0.05, 0) is 13.3 Å². The van der Waals surface area contributed by atoms with Gasteiger partial charge < -0.3 is 9.47 Å². The third-order valence-electron chi connectivity index (χ3n) is 4.14. The smallest absolute Gasteiger partial charge is 0.172 e. The SMILES string of the molecule is CC12CCC3(CC1=CCC2=O)OCCO3. The summed E-state index contributed by atoms with van der Waals surface area (Å²) in [6.07, 6.45) is 5.19. The lowest BCUT2D eigenvalue weighted by Gasteiger charge is -2.40. The largest absolute Gasteiger partial charge is 0.347 e. The van der Waals surface area contributed by atoms with Crippen LogP contribution < -0.4 is 0 Å². The monoisotopic (exact) mass is 208 g/mol. The Labute approximate surface area is 89.4 Å². The van der Waals surface area contributed by atoms with E-state index in [9.17, 15) is 4.79 Å². The van der Waals surface area contributed by atoms with Gasteiger partial charge in [0.2, 0.25) is 0 Å². The molecule has 0 amide bonds. The van der Waals surface area contributed by atoms with Gasteiger partial charge in [0, 0.05) is 24.7 Å². The maximum absolute atomic E-state index is 11.8. The van der Waals surface area contributed by atoms with Gasteiger partial charge in [0.1, 0.15) is 5.78 Å². The minimum Gasteiger partial charge on any atom is -0.347 e. The third kappa shape index (κ3) is 1.23. The van der Waals surface area contributed by atoms with Gasteiger partial charge in [0.05, 0.1) is 13.2 Å². The van der Waals surface area contributed by atoms with Crippen LogP contribution in [0.1, 0.15) is 32.6 Å². The Hall–Kier alpha value is -0.670. The summed E-state index contributed by atoms with van der Waals surface area (Å²) in [7, 11) is 0. The van der Waals surface area contributed by atoms with Crippen LogP contribution in [0.5, 0.6) is 0 Å². The first-order valence-corrected chi connectivity index (χ1v) is 5.65. The molecule has 2 aliphatic carbocycles. The highest BCUT2D eigenvalue weighted by molar-refractivity contribution is 5.92. The molecule has 1 unspecified atom stereocenters. The molecule has 1 saturated heterocycles. The van der Waals surface area contributed by atoms with E-state index >= 15 is 0 Å². The van der Waals surface area contributed by atoms with E-state index in [-0.39, 0.29) is 5.41 Å². The number of hydrogen-bond donors (Lipinski definition) is 0. The summed E-state index contributed by atoms with van der Waals surface area (Å²) >= 11 is 0. The summed E-state index contributed by atoms with van der Waals surface area (Å²) in [6, 6.07) is 0. The third-order valence-corrected chi connectivity index (χ3v) is 4.14. The van der Waals surface area contributed by atoms with E-state index in [1.165, 1.54) is 5.57 Å². The molecule has 0 aromatic carbocycles. The van der Waals surface area contributed by atoms with E-state index in [0.717, 1.165) is 19.3 Å². The fourth-order valence-electron chi connectivity index (χ4n) is 2.98. The van der Waals surface area contributed by atoms with Gasteiger partial charge in [-0.15, -0.1) is 0 Å². The van der Waals surface area contributed by atoms with Gasteiger partial charge in [0.25, 0.3) is 0 Å². The van der Waals surface area contributed by atoms with Crippen molar-refractivity contribution in [2.75, 3.05) is 13.2 Å². The number of ketones is 1. The van der Waals surface area contributed by atoms with Crippen molar-refractivity contribution in [3.63, 3.8) is 0 Å². The van der Waals surface area contributed by atoms with Crippen molar-refractivity contribution in [3.8, 4) is 0 Å².